The van der Waals surface area contributed by atoms with E-state index in [9.17, 15) is 0 Å². The van der Waals surface area contributed by atoms with E-state index in [1.54, 1.807) is 0 Å². The fraction of sp³-hybridized carbons (Fsp3) is 0.481. The number of rotatable bonds is 5. The fourth-order valence-electron chi connectivity index (χ4n) is 5.19. The number of hydrogen-bond acceptors (Lipinski definition) is 1. The quantitative estimate of drug-likeness (QED) is 0.478. The minimum absolute atomic E-state index is 0.168. The first kappa shape index (κ1) is 20.2. The third-order valence-electron chi connectivity index (χ3n) is 6.65. The summed E-state index contributed by atoms with van der Waals surface area (Å²) in [4.78, 5) is 3.89. The molecule has 2 aromatic carbocycles. The van der Waals surface area contributed by atoms with E-state index in [1.807, 2.05) is 0 Å². The summed E-state index contributed by atoms with van der Waals surface area (Å²) in [5, 5.41) is 1.40. The molecule has 1 atom stereocenters. The molecule has 0 saturated heterocycles. The number of benzene rings is 2. The number of hydrogen-bond donors (Lipinski definition) is 1. The Bertz CT molecular complexity index is 1020. The molecule has 1 aliphatic heterocycles. The molecule has 2 heteroatoms. The largest absolute Gasteiger partial charge is 0.368 e. The Morgan fingerprint density at radius 2 is 1.76 bits per heavy atom. The average molecular weight is 390 g/mol. The van der Waals surface area contributed by atoms with Crippen LogP contribution in [0.3, 0.4) is 0 Å². The van der Waals surface area contributed by atoms with Crippen molar-refractivity contribution >= 4 is 10.9 Å². The summed E-state index contributed by atoms with van der Waals surface area (Å²) in [5.74, 6) is 0.501. The highest BCUT2D eigenvalue weighted by Gasteiger charge is 2.38. The number of ether oxygens (including phenoxy) is 1. The Morgan fingerprint density at radius 1 is 1.03 bits per heavy atom. The predicted molar refractivity (Wildman–Crippen MR) is 124 cm³/mol. The van der Waals surface area contributed by atoms with Crippen molar-refractivity contribution in [2.75, 3.05) is 6.61 Å². The molecular weight excluding hydrogens is 354 g/mol. The van der Waals surface area contributed by atoms with E-state index >= 15 is 0 Å². The van der Waals surface area contributed by atoms with Crippen LogP contribution in [0.25, 0.3) is 22.0 Å². The molecule has 1 aromatic heterocycles. The van der Waals surface area contributed by atoms with Crippen molar-refractivity contribution in [2.24, 2.45) is 0 Å². The number of nitrogens with one attached hydrogen (secondary N) is 1. The molecule has 0 radical (unpaired) electrons. The smallest absolute Gasteiger partial charge is 0.108 e. The fourth-order valence-corrected chi connectivity index (χ4v) is 5.19. The molecular formula is C27H35NO. The minimum atomic E-state index is -0.168. The molecule has 29 heavy (non-hydrogen) atoms. The third kappa shape index (κ3) is 3.42. The van der Waals surface area contributed by atoms with Gasteiger partial charge in [0.2, 0.25) is 0 Å². The Labute approximate surface area is 175 Å². The summed E-state index contributed by atoms with van der Waals surface area (Å²) < 4.78 is 6.44. The van der Waals surface area contributed by atoms with Crippen LogP contribution in [0.15, 0.2) is 30.3 Å². The summed E-state index contributed by atoms with van der Waals surface area (Å²) in [6.45, 7) is 14.3. The van der Waals surface area contributed by atoms with E-state index in [-0.39, 0.29) is 5.60 Å². The molecule has 0 aliphatic carbocycles. The van der Waals surface area contributed by atoms with Gasteiger partial charge in [-0.25, -0.2) is 0 Å². The lowest BCUT2D eigenvalue weighted by Gasteiger charge is -2.36. The molecule has 0 fully saturated rings. The Kier molecular flexibility index (Phi) is 5.33. The maximum absolute atomic E-state index is 6.44. The van der Waals surface area contributed by atoms with Crippen molar-refractivity contribution in [3.05, 3.63) is 58.3 Å². The van der Waals surface area contributed by atoms with Crippen LogP contribution in [-0.2, 0) is 16.8 Å². The van der Waals surface area contributed by atoms with Crippen molar-refractivity contribution in [3.8, 4) is 11.1 Å². The zero-order valence-electron chi connectivity index (χ0n) is 18.9. The SMILES string of the molecule is CCCC1(CC)OCCc2c1[nH]c1c(-c3cc(C)cc(C)c3)cc(C(C)C)cc21. The van der Waals surface area contributed by atoms with Gasteiger partial charge in [-0.05, 0) is 67.9 Å². The van der Waals surface area contributed by atoms with Crippen LogP contribution in [0.5, 0.6) is 0 Å². The van der Waals surface area contributed by atoms with E-state index in [1.165, 1.54) is 50.0 Å². The van der Waals surface area contributed by atoms with Gasteiger partial charge in [0.15, 0.2) is 0 Å². The van der Waals surface area contributed by atoms with Crippen molar-refractivity contribution in [1.29, 1.82) is 0 Å². The molecule has 4 rings (SSSR count). The van der Waals surface area contributed by atoms with Gasteiger partial charge in [0.25, 0.3) is 0 Å². The summed E-state index contributed by atoms with van der Waals surface area (Å²) in [6, 6.07) is 11.7. The molecule has 1 unspecified atom stereocenters. The van der Waals surface area contributed by atoms with Crippen LogP contribution in [0.4, 0.5) is 0 Å². The van der Waals surface area contributed by atoms with Crippen LogP contribution < -0.4 is 0 Å². The van der Waals surface area contributed by atoms with Gasteiger partial charge in [0.1, 0.15) is 5.60 Å². The van der Waals surface area contributed by atoms with Crippen LogP contribution in [-0.4, -0.2) is 11.6 Å². The molecule has 2 heterocycles. The average Bonchev–Trinajstić information content (AvgIpc) is 3.06. The predicted octanol–water partition coefficient (Wildman–Crippen LogP) is 7.55. The number of aromatic amines is 1. The van der Waals surface area contributed by atoms with Crippen molar-refractivity contribution in [2.45, 2.75) is 78.7 Å². The number of fused-ring (bicyclic) bond motifs is 3. The van der Waals surface area contributed by atoms with E-state index in [2.05, 4.69) is 76.9 Å². The summed E-state index contributed by atoms with van der Waals surface area (Å²) in [7, 11) is 0. The normalized spacial score (nSPS) is 19.1. The second kappa shape index (κ2) is 7.65. The second-order valence-electron chi connectivity index (χ2n) is 9.20. The van der Waals surface area contributed by atoms with Crippen molar-refractivity contribution < 1.29 is 4.74 Å². The standard InChI is InChI=1S/C27H35NO/c1-7-10-27(8-2)26-22(9-11-29-27)24-16-20(17(3)4)15-23(25(24)28-26)21-13-18(5)12-19(6)14-21/h12-17,28H,7-11H2,1-6H3. The number of aryl methyl sites for hydroxylation is 2. The van der Waals surface area contributed by atoms with E-state index in [0.717, 1.165) is 32.3 Å². The maximum Gasteiger partial charge on any atom is 0.108 e. The Balaban J connectivity index is 2.04. The van der Waals surface area contributed by atoms with E-state index in [4.69, 9.17) is 4.74 Å². The van der Waals surface area contributed by atoms with E-state index in [0.29, 0.717) is 5.92 Å². The van der Waals surface area contributed by atoms with Crippen LogP contribution in [0, 0.1) is 13.8 Å². The summed E-state index contributed by atoms with van der Waals surface area (Å²) >= 11 is 0. The van der Waals surface area contributed by atoms with Gasteiger partial charge in [-0.2, -0.15) is 0 Å². The highest BCUT2D eigenvalue weighted by atomic mass is 16.5. The topological polar surface area (TPSA) is 25.0 Å². The molecule has 154 valence electrons. The first-order chi connectivity index (χ1) is 13.9. The van der Waals surface area contributed by atoms with Crippen molar-refractivity contribution in [3.63, 3.8) is 0 Å². The monoisotopic (exact) mass is 389 g/mol. The highest BCUT2D eigenvalue weighted by molar-refractivity contribution is 5.98. The maximum atomic E-state index is 6.44. The van der Waals surface area contributed by atoms with Gasteiger partial charge >= 0.3 is 0 Å². The minimum Gasteiger partial charge on any atom is -0.368 e. The summed E-state index contributed by atoms with van der Waals surface area (Å²) in [6.07, 6.45) is 4.20. The molecule has 0 saturated carbocycles. The highest BCUT2D eigenvalue weighted by Crippen LogP contribution is 2.44. The zero-order valence-corrected chi connectivity index (χ0v) is 18.9. The molecule has 2 nitrogen and oxygen atoms in total. The van der Waals surface area contributed by atoms with Crippen LogP contribution in [0.1, 0.15) is 80.8 Å². The van der Waals surface area contributed by atoms with Gasteiger partial charge in [0, 0.05) is 10.9 Å². The lowest BCUT2D eigenvalue weighted by molar-refractivity contribution is -0.0723. The Morgan fingerprint density at radius 3 is 2.38 bits per heavy atom. The molecule has 0 amide bonds. The second-order valence-corrected chi connectivity index (χ2v) is 9.20. The Hall–Kier alpha value is -2.06. The lowest BCUT2D eigenvalue weighted by Crippen LogP contribution is -2.35. The summed E-state index contributed by atoms with van der Waals surface area (Å²) in [5.41, 5.74) is 10.6. The molecule has 0 spiro atoms. The van der Waals surface area contributed by atoms with Gasteiger partial charge in [-0.1, -0.05) is 63.4 Å². The number of H-pyrrole nitrogens is 1. The number of aromatic nitrogens is 1. The molecule has 3 aromatic rings. The molecule has 0 bridgehead atoms. The molecule has 1 N–H and O–H groups in total. The van der Waals surface area contributed by atoms with Gasteiger partial charge < -0.3 is 9.72 Å². The zero-order chi connectivity index (χ0) is 20.8. The van der Waals surface area contributed by atoms with Gasteiger partial charge in [-0.3, -0.25) is 0 Å². The van der Waals surface area contributed by atoms with E-state index < -0.39 is 0 Å². The molecule has 1 aliphatic rings. The third-order valence-corrected chi connectivity index (χ3v) is 6.65. The first-order valence-electron chi connectivity index (χ1n) is 11.3. The van der Waals surface area contributed by atoms with Crippen LogP contribution in [0.2, 0.25) is 0 Å². The van der Waals surface area contributed by atoms with Gasteiger partial charge in [-0.15, -0.1) is 0 Å². The van der Waals surface area contributed by atoms with Gasteiger partial charge in [0.05, 0.1) is 17.8 Å². The van der Waals surface area contributed by atoms with Crippen LogP contribution >= 0.6 is 0 Å². The first-order valence-corrected chi connectivity index (χ1v) is 11.3. The van der Waals surface area contributed by atoms with Crippen molar-refractivity contribution in [1.82, 2.24) is 4.98 Å². The lowest BCUT2D eigenvalue weighted by atomic mass is 9.85.